The minimum Gasteiger partial charge on any atom is -0.347 e. The Morgan fingerprint density at radius 1 is 0.824 bits per heavy atom. The monoisotopic (exact) mass is 467 g/mol. The molecule has 1 N–H and O–H groups in total. The molecule has 0 spiro atoms. The van der Waals surface area contributed by atoms with Crippen LogP contribution in [0.15, 0.2) is 84.9 Å². The Hall–Kier alpha value is -3.77. The van der Waals surface area contributed by atoms with Gasteiger partial charge in [0.15, 0.2) is 0 Å². The second-order valence-electron chi connectivity index (χ2n) is 8.31. The maximum absolute atomic E-state index is 13.2. The van der Waals surface area contributed by atoms with Crippen molar-refractivity contribution >= 4 is 23.2 Å². The van der Waals surface area contributed by atoms with Crippen LogP contribution in [-0.4, -0.2) is 34.8 Å². The smallest absolute Gasteiger partial charge is 0.263 e. The van der Waals surface area contributed by atoms with E-state index < -0.39 is 0 Å². The standard InChI is InChI=1S/C28H25N3O2S/c32-26(29-19-20-13-15-23(16-14-20)28(33)31-17-7-8-18-31)25-24(21-9-3-1-4-10-21)30-27(34-25)22-11-5-2-6-12-22/h1-6,9-16H,7-8,17-19H2,(H,29,32). The molecule has 1 aliphatic rings. The Morgan fingerprint density at radius 3 is 2.09 bits per heavy atom. The highest BCUT2D eigenvalue weighted by atomic mass is 32.1. The number of nitrogens with zero attached hydrogens (tertiary/aromatic N) is 2. The number of amides is 2. The SMILES string of the molecule is O=C(NCc1ccc(C(=O)N2CCCC2)cc1)c1sc(-c2ccccc2)nc1-c1ccccc1. The fourth-order valence-electron chi connectivity index (χ4n) is 4.10. The summed E-state index contributed by atoms with van der Waals surface area (Å²) in [5.74, 6) is -0.0746. The van der Waals surface area contributed by atoms with Gasteiger partial charge in [-0.2, -0.15) is 0 Å². The van der Waals surface area contributed by atoms with Gasteiger partial charge in [0.2, 0.25) is 0 Å². The van der Waals surface area contributed by atoms with Crippen LogP contribution < -0.4 is 5.32 Å². The van der Waals surface area contributed by atoms with E-state index in [0.717, 1.165) is 47.6 Å². The minimum atomic E-state index is -0.157. The van der Waals surface area contributed by atoms with Crippen LogP contribution in [0, 0.1) is 0 Å². The third-order valence-electron chi connectivity index (χ3n) is 5.95. The van der Waals surface area contributed by atoms with Crippen molar-refractivity contribution in [1.82, 2.24) is 15.2 Å². The summed E-state index contributed by atoms with van der Waals surface area (Å²) in [5, 5.41) is 3.84. The molecule has 6 heteroatoms. The van der Waals surface area contributed by atoms with E-state index in [1.54, 1.807) is 0 Å². The molecule has 0 atom stereocenters. The number of carbonyl (C=O) groups is 2. The van der Waals surface area contributed by atoms with Crippen molar-refractivity contribution in [3.05, 3.63) is 101 Å². The molecule has 170 valence electrons. The molecule has 5 nitrogen and oxygen atoms in total. The summed E-state index contributed by atoms with van der Waals surface area (Å²) in [6.07, 6.45) is 2.15. The fourth-order valence-corrected chi connectivity index (χ4v) is 5.11. The zero-order valence-electron chi connectivity index (χ0n) is 18.7. The lowest BCUT2D eigenvalue weighted by atomic mass is 10.1. The van der Waals surface area contributed by atoms with Crippen molar-refractivity contribution in [2.24, 2.45) is 0 Å². The number of likely N-dealkylation sites (tertiary alicyclic amines) is 1. The Bertz CT molecular complexity index is 1280. The van der Waals surface area contributed by atoms with Gasteiger partial charge in [0.05, 0.1) is 5.69 Å². The van der Waals surface area contributed by atoms with Gasteiger partial charge in [0, 0.05) is 36.3 Å². The molecule has 0 saturated carbocycles. The molecule has 3 aromatic carbocycles. The molecular weight excluding hydrogens is 442 g/mol. The Kier molecular flexibility index (Phi) is 6.49. The van der Waals surface area contributed by atoms with Crippen LogP contribution in [0.2, 0.25) is 0 Å². The molecular formula is C28H25N3O2S. The molecule has 2 heterocycles. The Labute approximate surface area is 203 Å². The van der Waals surface area contributed by atoms with Crippen molar-refractivity contribution in [3.8, 4) is 21.8 Å². The topological polar surface area (TPSA) is 62.3 Å². The zero-order valence-corrected chi connectivity index (χ0v) is 19.6. The number of nitrogens with one attached hydrogen (secondary N) is 1. The highest BCUT2D eigenvalue weighted by Crippen LogP contribution is 2.33. The van der Waals surface area contributed by atoms with E-state index in [1.165, 1.54) is 11.3 Å². The summed E-state index contributed by atoms with van der Waals surface area (Å²) in [6.45, 7) is 2.05. The quantitative estimate of drug-likeness (QED) is 0.399. The van der Waals surface area contributed by atoms with E-state index in [1.807, 2.05) is 89.8 Å². The van der Waals surface area contributed by atoms with E-state index in [4.69, 9.17) is 4.98 Å². The number of rotatable bonds is 6. The largest absolute Gasteiger partial charge is 0.347 e. The third kappa shape index (κ3) is 4.77. The van der Waals surface area contributed by atoms with Crippen LogP contribution in [0.3, 0.4) is 0 Å². The molecule has 1 fully saturated rings. The number of benzene rings is 3. The summed E-state index contributed by atoms with van der Waals surface area (Å²) in [7, 11) is 0. The molecule has 0 aliphatic carbocycles. The molecule has 1 saturated heterocycles. The van der Waals surface area contributed by atoms with E-state index in [0.29, 0.717) is 22.7 Å². The van der Waals surface area contributed by atoms with Crippen LogP contribution in [-0.2, 0) is 6.54 Å². The lowest BCUT2D eigenvalue weighted by Crippen LogP contribution is -2.27. The van der Waals surface area contributed by atoms with Gasteiger partial charge in [-0.15, -0.1) is 11.3 Å². The first-order valence-corrected chi connectivity index (χ1v) is 12.3. The average Bonchev–Trinajstić information content (AvgIpc) is 3.59. The van der Waals surface area contributed by atoms with Crippen molar-refractivity contribution in [3.63, 3.8) is 0 Å². The predicted octanol–water partition coefficient (Wildman–Crippen LogP) is 5.64. The van der Waals surface area contributed by atoms with Gasteiger partial charge < -0.3 is 10.2 Å². The number of hydrogen-bond acceptors (Lipinski definition) is 4. The van der Waals surface area contributed by atoms with Crippen LogP contribution >= 0.6 is 11.3 Å². The molecule has 1 aromatic heterocycles. The average molecular weight is 468 g/mol. The zero-order chi connectivity index (χ0) is 23.3. The summed E-state index contributed by atoms with van der Waals surface area (Å²) >= 11 is 1.40. The van der Waals surface area contributed by atoms with Crippen molar-refractivity contribution < 1.29 is 9.59 Å². The van der Waals surface area contributed by atoms with Gasteiger partial charge in [-0.3, -0.25) is 9.59 Å². The molecule has 0 unspecified atom stereocenters. The second-order valence-corrected chi connectivity index (χ2v) is 9.31. The first-order chi connectivity index (χ1) is 16.7. The van der Waals surface area contributed by atoms with E-state index in [9.17, 15) is 9.59 Å². The molecule has 2 amide bonds. The summed E-state index contributed by atoms with van der Waals surface area (Å²) in [4.78, 5) is 33.1. The number of aromatic nitrogens is 1. The van der Waals surface area contributed by atoms with E-state index in [2.05, 4.69) is 5.32 Å². The highest BCUT2D eigenvalue weighted by molar-refractivity contribution is 7.17. The van der Waals surface area contributed by atoms with Crippen molar-refractivity contribution in [2.75, 3.05) is 13.1 Å². The summed E-state index contributed by atoms with van der Waals surface area (Å²) in [5.41, 5.74) is 4.23. The molecule has 4 aromatic rings. The van der Waals surface area contributed by atoms with Crippen molar-refractivity contribution in [2.45, 2.75) is 19.4 Å². The van der Waals surface area contributed by atoms with Gasteiger partial charge in [0.1, 0.15) is 9.88 Å². The Balaban J connectivity index is 1.33. The molecule has 5 rings (SSSR count). The first kappa shape index (κ1) is 22.0. The summed E-state index contributed by atoms with van der Waals surface area (Å²) in [6, 6.07) is 27.2. The van der Waals surface area contributed by atoms with Gasteiger partial charge in [0.25, 0.3) is 11.8 Å². The normalized spacial score (nSPS) is 13.1. The maximum Gasteiger partial charge on any atom is 0.263 e. The van der Waals surface area contributed by atoms with Gasteiger partial charge in [-0.1, -0.05) is 72.8 Å². The van der Waals surface area contributed by atoms with Crippen LogP contribution in [0.1, 0.15) is 38.4 Å². The molecule has 1 aliphatic heterocycles. The molecule has 34 heavy (non-hydrogen) atoms. The fraction of sp³-hybridized carbons (Fsp3) is 0.179. The Morgan fingerprint density at radius 2 is 1.44 bits per heavy atom. The third-order valence-corrected chi connectivity index (χ3v) is 7.05. The van der Waals surface area contributed by atoms with Crippen molar-refractivity contribution in [1.29, 1.82) is 0 Å². The lowest BCUT2D eigenvalue weighted by Gasteiger charge is -2.15. The second kappa shape index (κ2) is 10.0. The minimum absolute atomic E-state index is 0.0821. The number of hydrogen-bond donors (Lipinski definition) is 1. The summed E-state index contributed by atoms with van der Waals surface area (Å²) < 4.78 is 0. The van der Waals surface area contributed by atoms with Crippen LogP contribution in [0.4, 0.5) is 0 Å². The highest BCUT2D eigenvalue weighted by Gasteiger charge is 2.21. The predicted molar refractivity (Wildman–Crippen MR) is 136 cm³/mol. The molecule has 0 bridgehead atoms. The maximum atomic E-state index is 13.2. The van der Waals surface area contributed by atoms with E-state index >= 15 is 0 Å². The lowest BCUT2D eigenvalue weighted by molar-refractivity contribution is 0.0792. The van der Waals surface area contributed by atoms with Gasteiger partial charge in [-0.25, -0.2) is 4.98 Å². The first-order valence-electron chi connectivity index (χ1n) is 11.5. The van der Waals surface area contributed by atoms with Crippen LogP contribution in [0.5, 0.6) is 0 Å². The van der Waals surface area contributed by atoms with Crippen LogP contribution in [0.25, 0.3) is 21.8 Å². The number of carbonyl (C=O) groups excluding carboxylic acids is 2. The molecule has 0 radical (unpaired) electrons. The number of thiazole rings is 1. The van der Waals surface area contributed by atoms with Gasteiger partial charge in [-0.05, 0) is 30.5 Å². The van der Waals surface area contributed by atoms with Gasteiger partial charge >= 0.3 is 0 Å². The van der Waals surface area contributed by atoms with E-state index in [-0.39, 0.29) is 11.8 Å².